The number of anilines is 1. The van der Waals surface area contributed by atoms with Crippen molar-refractivity contribution in [2.24, 2.45) is 0 Å². The number of nitriles is 1. The van der Waals surface area contributed by atoms with Gasteiger partial charge in [-0.2, -0.15) is 5.26 Å². The molecule has 1 aromatic rings. The van der Waals surface area contributed by atoms with Crippen molar-refractivity contribution in [1.82, 2.24) is 9.88 Å². The van der Waals surface area contributed by atoms with Gasteiger partial charge in [-0.3, -0.25) is 4.98 Å². The first kappa shape index (κ1) is 12.5. The standard InChI is InChI=1S/C12H18N4/c1-9-7-12(14-5-6-16(3)4)11(8-13)10(2)15-9/h7H,5-6H2,1-4H3,(H,14,15). The molecule has 1 rings (SSSR count). The van der Waals surface area contributed by atoms with E-state index in [-0.39, 0.29) is 0 Å². The van der Waals surface area contributed by atoms with Crippen LogP contribution in [0.3, 0.4) is 0 Å². The molecule has 0 aromatic carbocycles. The van der Waals surface area contributed by atoms with E-state index < -0.39 is 0 Å². The molecule has 0 saturated carbocycles. The number of nitrogens with zero attached hydrogens (tertiary/aromatic N) is 3. The summed E-state index contributed by atoms with van der Waals surface area (Å²) in [5, 5.41) is 12.3. The van der Waals surface area contributed by atoms with Gasteiger partial charge >= 0.3 is 0 Å². The fourth-order valence-electron chi connectivity index (χ4n) is 1.52. The molecule has 16 heavy (non-hydrogen) atoms. The molecule has 0 atom stereocenters. The smallest absolute Gasteiger partial charge is 0.103 e. The minimum atomic E-state index is 0.643. The van der Waals surface area contributed by atoms with Gasteiger partial charge in [-0.25, -0.2) is 0 Å². The molecule has 0 spiro atoms. The van der Waals surface area contributed by atoms with Gasteiger partial charge < -0.3 is 10.2 Å². The molecular formula is C12H18N4. The number of hydrogen-bond donors (Lipinski definition) is 1. The summed E-state index contributed by atoms with van der Waals surface area (Å²) < 4.78 is 0. The zero-order valence-electron chi connectivity index (χ0n) is 10.3. The molecule has 1 aromatic heterocycles. The molecule has 0 unspecified atom stereocenters. The Morgan fingerprint density at radius 1 is 1.44 bits per heavy atom. The van der Waals surface area contributed by atoms with Crippen LogP contribution in [0.2, 0.25) is 0 Å². The minimum absolute atomic E-state index is 0.643. The van der Waals surface area contributed by atoms with E-state index in [4.69, 9.17) is 5.26 Å². The molecule has 0 radical (unpaired) electrons. The summed E-state index contributed by atoms with van der Waals surface area (Å²) in [7, 11) is 4.05. The lowest BCUT2D eigenvalue weighted by molar-refractivity contribution is 0.425. The van der Waals surface area contributed by atoms with E-state index in [0.717, 1.165) is 30.2 Å². The molecule has 86 valence electrons. The Morgan fingerprint density at radius 2 is 2.12 bits per heavy atom. The third-order valence-electron chi connectivity index (χ3n) is 2.31. The van der Waals surface area contributed by atoms with Crippen molar-refractivity contribution in [2.45, 2.75) is 13.8 Å². The molecule has 0 fully saturated rings. The second-order valence-electron chi connectivity index (χ2n) is 4.11. The molecule has 0 saturated heterocycles. The van der Waals surface area contributed by atoms with Gasteiger partial charge in [0.1, 0.15) is 6.07 Å². The summed E-state index contributed by atoms with van der Waals surface area (Å²) in [4.78, 5) is 6.37. The van der Waals surface area contributed by atoms with Crippen LogP contribution in [0.1, 0.15) is 17.0 Å². The topological polar surface area (TPSA) is 52.0 Å². The van der Waals surface area contributed by atoms with E-state index in [2.05, 4.69) is 21.3 Å². The Kier molecular flexibility index (Phi) is 4.27. The number of aromatic nitrogens is 1. The van der Waals surface area contributed by atoms with Gasteiger partial charge in [0.2, 0.25) is 0 Å². The molecule has 4 heteroatoms. The third-order valence-corrected chi connectivity index (χ3v) is 2.31. The number of hydrogen-bond acceptors (Lipinski definition) is 4. The predicted octanol–water partition coefficient (Wildman–Crippen LogP) is 1.54. The van der Waals surface area contributed by atoms with Gasteiger partial charge in [-0.15, -0.1) is 0 Å². The lowest BCUT2D eigenvalue weighted by Crippen LogP contribution is -2.21. The molecule has 0 aliphatic rings. The maximum atomic E-state index is 9.06. The average Bonchev–Trinajstić information content (AvgIpc) is 2.16. The second-order valence-corrected chi connectivity index (χ2v) is 4.11. The van der Waals surface area contributed by atoms with Gasteiger partial charge in [0.15, 0.2) is 0 Å². The fourth-order valence-corrected chi connectivity index (χ4v) is 1.52. The molecule has 0 amide bonds. The molecule has 0 aliphatic carbocycles. The third kappa shape index (κ3) is 3.21. The Bertz CT molecular complexity index is 404. The van der Waals surface area contributed by atoms with Crippen LogP contribution in [-0.4, -0.2) is 37.1 Å². The molecule has 1 N–H and O–H groups in total. The number of rotatable bonds is 4. The highest BCUT2D eigenvalue weighted by molar-refractivity contribution is 5.59. The first-order valence-electron chi connectivity index (χ1n) is 5.31. The van der Waals surface area contributed by atoms with Crippen LogP contribution in [0.15, 0.2) is 6.07 Å². The summed E-state index contributed by atoms with van der Waals surface area (Å²) >= 11 is 0. The van der Waals surface area contributed by atoms with E-state index in [0.29, 0.717) is 5.56 Å². The number of likely N-dealkylation sites (N-methyl/N-ethyl adjacent to an activating group) is 1. The Morgan fingerprint density at radius 3 is 2.69 bits per heavy atom. The van der Waals surface area contributed by atoms with E-state index in [1.165, 1.54) is 0 Å². The first-order chi connectivity index (χ1) is 7.54. The summed E-state index contributed by atoms with van der Waals surface area (Å²) in [5.74, 6) is 0. The molecule has 0 bridgehead atoms. The van der Waals surface area contributed by atoms with E-state index in [1.807, 2.05) is 34.0 Å². The molecule has 0 aliphatic heterocycles. The van der Waals surface area contributed by atoms with Crippen LogP contribution < -0.4 is 5.32 Å². The van der Waals surface area contributed by atoms with Crippen LogP contribution in [0.25, 0.3) is 0 Å². The van der Waals surface area contributed by atoms with Crippen molar-refractivity contribution in [1.29, 1.82) is 5.26 Å². The molecule has 1 heterocycles. The van der Waals surface area contributed by atoms with Crippen LogP contribution in [0.5, 0.6) is 0 Å². The predicted molar refractivity (Wildman–Crippen MR) is 65.5 cm³/mol. The first-order valence-corrected chi connectivity index (χ1v) is 5.31. The van der Waals surface area contributed by atoms with Gasteiger partial charge in [0.25, 0.3) is 0 Å². The highest BCUT2D eigenvalue weighted by atomic mass is 15.1. The highest BCUT2D eigenvalue weighted by Gasteiger charge is 2.07. The Balaban J connectivity index is 2.82. The van der Waals surface area contributed by atoms with Gasteiger partial charge in [0, 0.05) is 18.8 Å². The minimum Gasteiger partial charge on any atom is -0.383 e. The number of aryl methyl sites for hydroxylation is 2. The molecule has 4 nitrogen and oxygen atoms in total. The number of pyridine rings is 1. The monoisotopic (exact) mass is 218 g/mol. The van der Waals surface area contributed by atoms with E-state index >= 15 is 0 Å². The van der Waals surface area contributed by atoms with Gasteiger partial charge in [-0.1, -0.05) is 0 Å². The van der Waals surface area contributed by atoms with E-state index in [1.54, 1.807) is 0 Å². The van der Waals surface area contributed by atoms with Crippen molar-refractivity contribution >= 4 is 5.69 Å². The van der Waals surface area contributed by atoms with Crippen molar-refractivity contribution in [3.05, 3.63) is 23.0 Å². The quantitative estimate of drug-likeness (QED) is 0.833. The second kappa shape index (κ2) is 5.47. The summed E-state index contributed by atoms with van der Waals surface area (Å²) in [6.45, 7) is 5.56. The number of nitrogens with one attached hydrogen (secondary N) is 1. The van der Waals surface area contributed by atoms with E-state index in [9.17, 15) is 0 Å². The highest BCUT2D eigenvalue weighted by Crippen LogP contribution is 2.18. The van der Waals surface area contributed by atoms with Crippen LogP contribution in [-0.2, 0) is 0 Å². The fraction of sp³-hybridized carbons (Fsp3) is 0.500. The Hall–Kier alpha value is -1.60. The SMILES string of the molecule is Cc1cc(NCCN(C)C)c(C#N)c(C)n1. The summed E-state index contributed by atoms with van der Waals surface area (Å²) in [5.41, 5.74) is 3.25. The lowest BCUT2D eigenvalue weighted by Gasteiger charge is -2.13. The van der Waals surface area contributed by atoms with Crippen molar-refractivity contribution in [2.75, 3.05) is 32.5 Å². The Labute approximate surface area is 96.9 Å². The summed E-state index contributed by atoms with van der Waals surface area (Å²) in [6, 6.07) is 4.11. The van der Waals surface area contributed by atoms with Gasteiger partial charge in [0.05, 0.1) is 16.9 Å². The maximum absolute atomic E-state index is 9.06. The van der Waals surface area contributed by atoms with Crippen LogP contribution in [0.4, 0.5) is 5.69 Å². The summed E-state index contributed by atoms with van der Waals surface area (Å²) in [6.07, 6.45) is 0. The van der Waals surface area contributed by atoms with Crippen molar-refractivity contribution in [3.63, 3.8) is 0 Å². The maximum Gasteiger partial charge on any atom is 0.103 e. The normalized spacial score (nSPS) is 10.2. The van der Waals surface area contributed by atoms with Crippen molar-refractivity contribution in [3.8, 4) is 6.07 Å². The van der Waals surface area contributed by atoms with Crippen molar-refractivity contribution < 1.29 is 0 Å². The zero-order chi connectivity index (χ0) is 12.1. The van der Waals surface area contributed by atoms with Crippen LogP contribution >= 0.6 is 0 Å². The van der Waals surface area contributed by atoms with Crippen LogP contribution in [0, 0.1) is 25.2 Å². The lowest BCUT2D eigenvalue weighted by atomic mass is 10.1. The van der Waals surface area contributed by atoms with Gasteiger partial charge in [-0.05, 0) is 34.0 Å². The zero-order valence-corrected chi connectivity index (χ0v) is 10.3. The largest absolute Gasteiger partial charge is 0.383 e. The average molecular weight is 218 g/mol. The molecular weight excluding hydrogens is 200 g/mol.